The predicted octanol–water partition coefficient (Wildman–Crippen LogP) is 0.0611. The zero-order chi connectivity index (χ0) is 11.7. The smallest absolute Gasteiger partial charge is 0.231 e. The highest BCUT2D eigenvalue weighted by molar-refractivity contribution is 5.60. The average Bonchev–Trinajstić information content (AvgIpc) is 2.96. The van der Waals surface area contributed by atoms with Gasteiger partial charge in [-0.25, -0.2) is 0 Å². The van der Waals surface area contributed by atoms with E-state index in [4.69, 9.17) is 14.6 Å². The number of ether oxygens (including phenoxy) is 2. The highest BCUT2D eigenvalue weighted by atomic mass is 16.7. The molecule has 0 saturated heterocycles. The number of aromatic nitrogens is 4. The summed E-state index contributed by atoms with van der Waals surface area (Å²) >= 11 is 0. The molecular formula is C10H10N4O3. The minimum absolute atomic E-state index is 0.0169. The molecule has 0 spiro atoms. The molecule has 0 amide bonds. The standard InChI is InChI=1S/C10H10N4O3/c15-4-3-14-12-10(11-13-14)7-1-2-8-9(5-7)17-6-16-8/h1-2,5,15H,3-4,6H2. The molecule has 3 rings (SSSR count). The topological polar surface area (TPSA) is 82.3 Å². The van der Waals surface area contributed by atoms with Crippen molar-refractivity contribution >= 4 is 0 Å². The summed E-state index contributed by atoms with van der Waals surface area (Å²) in [5.74, 6) is 1.90. The van der Waals surface area contributed by atoms with Gasteiger partial charge in [0.2, 0.25) is 12.6 Å². The average molecular weight is 234 g/mol. The fraction of sp³-hybridized carbons (Fsp3) is 0.300. The van der Waals surface area contributed by atoms with Gasteiger partial charge in [0.25, 0.3) is 0 Å². The van der Waals surface area contributed by atoms with E-state index in [1.807, 2.05) is 18.2 Å². The molecule has 0 bridgehead atoms. The molecule has 0 unspecified atom stereocenters. The minimum Gasteiger partial charge on any atom is -0.454 e. The lowest BCUT2D eigenvalue weighted by Crippen LogP contribution is -2.05. The number of tetrazole rings is 1. The zero-order valence-electron chi connectivity index (χ0n) is 8.91. The van der Waals surface area contributed by atoms with Crippen molar-refractivity contribution in [3.05, 3.63) is 18.2 Å². The normalized spacial score (nSPS) is 13.0. The Morgan fingerprint density at radius 1 is 1.29 bits per heavy atom. The predicted molar refractivity (Wildman–Crippen MR) is 56.5 cm³/mol. The molecule has 1 aromatic heterocycles. The third kappa shape index (κ3) is 1.80. The van der Waals surface area contributed by atoms with E-state index in [0.717, 1.165) is 11.3 Å². The minimum atomic E-state index is -0.0169. The lowest BCUT2D eigenvalue weighted by molar-refractivity contribution is 0.174. The van der Waals surface area contributed by atoms with Gasteiger partial charge in [0.1, 0.15) is 0 Å². The van der Waals surface area contributed by atoms with Crippen molar-refractivity contribution in [1.82, 2.24) is 20.2 Å². The van der Waals surface area contributed by atoms with E-state index in [2.05, 4.69) is 15.4 Å². The highest BCUT2D eigenvalue weighted by Gasteiger charge is 2.15. The SMILES string of the molecule is OCCn1nnc(-c2ccc3c(c2)OCO3)n1. The molecule has 7 nitrogen and oxygen atoms in total. The van der Waals surface area contributed by atoms with Crippen LogP contribution in [-0.2, 0) is 6.54 Å². The first-order chi connectivity index (χ1) is 8.36. The number of rotatable bonds is 3. The molecule has 2 aromatic rings. The maximum atomic E-state index is 8.76. The van der Waals surface area contributed by atoms with Gasteiger partial charge < -0.3 is 14.6 Å². The highest BCUT2D eigenvalue weighted by Crippen LogP contribution is 2.34. The quantitative estimate of drug-likeness (QED) is 0.808. The van der Waals surface area contributed by atoms with Gasteiger partial charge in [-0.05, 0) is 23.4 Å². The van der Waals surface area contributed by atoms with Crippen molar-refractivity contribution in [3.8, 4) is 22.9 Å². The van der Waals surface area contributed by atoms with Gasteiger partial charge in [0.05, 0.1) is 13.2 Å². The van der Waals surface area contributed by atoms with Gasteiger partial charge in [0.15, 0.2) is 11.5 Å². The van der Waals surface area contributed by atoms with E-state index in [0.29, 0.717) is 18.1 Å². The van der Waals surface area contributed by atoms with Crippen LogP contribution in [-0.4, -0.2) is 38.7 Å². The van der Waals surface area contributed by atoms with Gasteiger partial charge in [-0.2, -0.15) is 4.80 Å². The van der Waals surface area contributed by atoms with Crippen molar-refractivity contribution in [2.75, 3.05) is 13.4 Å². The summed E-state index contributed by atoms with van der Waals surface area (Å²) in [6, 6.07) is 5.46. The number of aliphatic hydroxyl groups is 1. The lowest BCUT2D eigenvalue weighted by atomic mass is 10.2. The van der Waals surface area contributed by atoms with Crippen LogP contribution in [0.3, 0.4) is 0 Å². The molecule has 0 aliphatic carbocycles. The Bertz CT molecular complexity index is 540. The third-order valence-corrected chi connectivity index (χ3v) is 2.38. The van der Waals surface area contributed by atoms with Crippen LogP contribution in [0.25, 0.3) is 11.4 Å². The van der Waals surface area contributed by atoms with Crippen LogP contribution >= 0.6 is 0 Å². The largest absolute Gasteiger partial charge is 0.454 e. The monoisotopic (exact) mass is 234 g/mol. The van der Waals surface area contributed by atoms with E-state index in [9.17, 15) is 0 Å². The van der Waals surface area contributed by atoms with Gasteiger partial charge >= 0.3 is 0 Å². The molecule has 1 N–H and O–H groups in total. The third-order valence-electron chi connectivity index (χ3n) is 2.38. The molecule has 88 valence electrons. The molecule has 2 heterocycles. The number of hydrogen-bond donors (Lipinski definition) is 1. The van der Waals surface area contributed by atoms with Crippen molar-refractivity contribution in [2.24, 2.45) is 0 Å². The number of benzene rings is 1. The van der Waals surface area contributed by atoms with Crippen LogP contribution < -0.4 is 9.47 Å². The van der Waals surface area contributed by atoms with Gasteiger partial charge in [0, 0.05) is 5.56 Å². The Balaban J connectivity index is 1.92. The van der Waals surface area contributed by atoms with Crippen molar-refractivity contribution in [3.63, 3.8) is 0 Å². The second kappa shape index (κ2) is 4.02. The Morgan fingerprint density at radius 3 is 3.06 bits per heavy atom. The molecule has 1 aliphatic heterocycles. The summed E-state index contributed by atoms with van der Waals surface area (Å²) in [4.78, 5) is 1.35. The van der Waals surface area contributed by atoms with Gasteiger partial charge in [-0.3, -0.25) is 0 Å². The van der Waals surface area contributed by atoms with E-state index < -0.39 is 0 Å². The van der Waals surface area contributed by atoms with Crippen LogP contribution in [0.5, 0.6) is 11.5 Å². The van der Waals surface area contributed by atoms with Crippen molar-refractivity contribution < 1.29 is 14.6 Å². The second-order valence-corrected chi connectivity index (χ2v) is 3.50. The van der Waals surface area contributed by atoms with Crippen LogP contribution in [0, 0.1) is 0 Å². The molecule has 0 atom stereocenters. The molecule has 1 aliphatic rings. The maximum Gasteiger partial charge on any atom is 0.231 e. The summed E-state index contributed by atoms with van der Waals surface area (Å²) in [6.07, 6.45) is 0. The van der Waals surface area contributed by atoms with E-state index in [1.54, 1.807) is 0 Å². The Kier molecular flexibility index (Phi) is 2.37. The number of fused-ring (bicyclic) bond motifs is 1. The van der Waals surface area contributed by atoms with Crippen molar-refractivity contribution in [2.45, 2.75) is 6.54 Å². The number of aliphatic hydroxyl groups excluding tert-OH is 1. The number of hydrogen-bond acceptors (Lipinski definition) is 6. The first-order valence-corrected chi connectivity index (χ1v) is 5.15. The molecule has 7 heteroatoms. The molecule has 17 heavy (non-hydrogen) atoms. The summed E-state index contributed by atoms with van der Waals surface area (Å²) in [5.41, 5.74) is 0.804. The first kappa shape index (κ1) is 10.0. The lowest BCUT2D eigenvalue weighted by Gasteiger charge is -1.97. The van der Waals surface area contributed by atoms with Crippen LogP contribution in [0.2, 0.25) is 0 Å². The summed E-state index contributed by atoms with van der Waals surface area (Å²) in [5, 5.41) is 20.6. The molecule has 0 saturated carbocycles. The Morgan fingerprint density at radius 2 is 2.18 bits per heavy atom. The van der Waals surface area contributed by atoms with Gasteiger partial charge in [-0.1, -0.05) is 0 Å². The summed E-state index contributed by atoms with van der Waals surface area (Å²) in [6.45, 7) is 0.553. The second-order valence-electron chi connectivity index (χ2n) is 3.50. The van der Waals surface area contributed by atoms with Crippen LogP contribution in [0.4, 0.5) is 0 Å². The fourth-order valence-corrected chi connectivity index (χ4v) is 1.58. The molecule has 0 radical (unpaired) electrons. The fourth-order valence-electron chi connectivity index (χ4n) is 1.58. The van der Waals surface area contributed by atoms with E-state index in [-0.39, 0.29) is 13.4 Å². The van der Waals surface area contributed by atoms with E-state index >= 15 is 0 Å². The molecule has 1 aromatic carbocycles. The maximum absolute atomic E-state index is 8.76. The molecule has 0 fully saturated rings. The van der Waals surface area contributed by atoms with Crippen molar-refractivity contribution in [1.29, 1.82) is 0 Å². The first-order valence-electron chi connectivity index (χ1n) is 5.15. The van der Waals surface area contributed by atoms with E-state index in [1.165, 1.54) is 4.80 Å². The Hall–Kier alpha value is -2.15. The summed E-state index contributed by atoms with van der Waals surface area (Å²) < 4.78 is 10.5. The summed E-state index contributed by atoms with van der Waals surface area (Å²) in [7, 11) is 0. The number of nitrogens with zero attached hydrogens (tertiary/aromatic N) is 4. The zero-order valence-corrected chi connectivity index (χ0v) is 8.91. The van der Waals surface area contributed by atoms with Gasteiger partial charge in [-0.15, -0.1) is 10.2 Å². The Labute approximate surface area is 96.6 Å². The van der Waals surface area contributed by atoms with Crippen LogP contribution in [0.15, 0.2) is 18.2 Å². The molecular weight excluding hydrogens is 224 g/mol. The van der Waals surface area contributed by atoms with Crippen LogP contribution in [0.1, 0.15) is 0 Å².